The summed E-state index contributed by atoms with van der Waals surface area (Å²) < 4.78 is 6.28. The van der Waals surface area contributed by atoms with Gasteiger partial charge in [0.05, 0.1) is 0 Å². The van der Waals surface area contributed by atoms with Crippen LogP contribution in [0.25, 0.3) is 0 Å². The maximum absolute atomic E-state index is 11.1. The Balaban J connectivity index is 1.49. The fourth-order valence-corrected chi connectivity index (χ4v) is 5.14. The van der Waals surface area contributed by atoms with Crippen LogP contribution in [0.3, 0.4) is 0 Å². The minimum absolute atomic E-state index is 0.371. The second-order valence-corrected chi connectivity index (χ2v) is 7.72. The molecule has 2 heterocycles. The molecule has 3 heteroatoms. The number of hydrogen-bond donors (Lipinski definition) is 2. The summed E-state index contributed by atoms with van der Waals surface area (Å²) in [5.41, 5.74) is 3.67. The predicted molar refractivity (Wildman–Crippen MR) is 92.4 cm³/mol. The van der Waals surface area contributed by atoms with E-state index in [1.807, 2.05) is 6.07 Å². The first-order chi connectivity index (χ1) is 11.6. The number of benzene rings is 2. The smallest absolute Gasteiger partial charge is 0.168 e. The lowest BCUT2D eigenvalue weighted by Gasteiger charge is -2.52. The molecule has 124 valence electrons. The van der Waals surface area contributed by atoms with Crippen molar-refractivity contribution in [3.8, 4) is 0 Å². The van der Waals surface area contributed by atoms with Gasteiger partial charge in [-0.2, -0.15) is 0 Å². The normalized spacial score (nSPS) is 36.4. The number of ether oxygens (including phenoxy) is 1. The first kappa shape index (κ1) is 14.6. The van der Waals surface area contributed by atoms with Crippen LogP contribution in [0.1, 0.15) is 54.2 Å². The number of nitrogens with one attached hydrogen (secondary N) is 1. The third-order valence-electron chi connectivity index (χ3n) is 6.00. The molecule has 2 aliphatic heterocycles. The van der Waals surface area contributed by atoms with Crippen LogP contribution in [0, 0.1) is 0 Å². The zero-order chi connectivity index (χ0) is 16.2. The van der Waals surface area contributed by atoms with Crippen molar-refractivity contribution in [2.75, 3.05) is 0 Å². The number of hydrogen-bond acceptors (Lipinski definition) is 3. The summed E-state index contributed by atoms with van der Waals surface area (Å²) in [6.45, 7) is 0.771. The molecular formula is C21H23NO2. The molecule has 2 aliphatic carbocycles. The van der Waals surface area contributed by atoms with Gasteiger partial charge in [0.1, 0.15) is 5.72 Å². The third kappa shape index (κ3) is 2.31. The Hall–Kier alpha value is -1.68. The van der Waals surface area contributed by atoms with E-state index in [2.05, 4.69) is 53.8 Å². The van der Waals surface area contributed by atoms with Crippen molar-refractivity contribution in [1.29, 1.82) is 0 Å². The molecule has 2 aromatic carbocycles. The molecule has 2 N–H and O–H groups in total. The molecule has 0 radical (unpaired) electrons. The van der Waals surface area contributed by atoms with Gasteiger partial charge in [-0.25, -0.2) is 0 Å². The Labute approximate surface area is 142 Å². The highest BCUT2D eigenvalue weighted by Gasteiger charge is 2.57. The zero-order valence-electron chi connectivity index (χ0n) is 13.7. The Morgan fingerprint density at radius 1 is 0.875 bits per heavy atom. The molecule has 2 atom stereocenters. The molecule has 3 nitrogen and oxygen atoms in total. The van der Waals surface area contributed by atoms with Crippen LogP contribution < -0.4 is 5.32 Å². The number of rotatable bonds is 3. The van der Waals surface area contributed by atoms with Gasteiger partial charge in [-0.3, -0.25) is 5.32 Å². The van der Waals surface area contributed by atoms with Crippen LogP contribution in [0.4, 0.5) is 0 Å². The summed E-state index contributed by atoms with van der Waals surface area (Å²) in [5, 5.41) is 14.7. The molecule has 2 fully saturated rings. The Bertz CT molecular complexity index is 722. The predicted octanol–water partition coefficient (Wildman–Crippen LogP) is 3.65. The van der Waals surface area contributed by atoms with Crippen LogP contribution in [0.5, 0.6) is 0 Å². The average molecular weight is 321 g/mol. The quantitative estimate of drug-likeness (QED) is 0.907. The van der Waals surface area contributed by atoms with Crippen LogP contribution in [0.15, 0.2) is 54.6 Å². The van der Waals surface area contributed by atoms with Crippen LogP contribution in [0.2, 0.25) is 0 Å². The van der Waals surface area contributed by atoms with E-state index in [4.69, 9.17) is 4.74 Å². The van der Waals surface area contributed by atoms with Crippen molar-refractivity contribution in [3.05, 3.63) is 71.3 Å². The van der Waals surface area contributed by atoms with Crippen molar-refractivity contribution in [3.63, 3.8) is 0 Å². The molecule has 2 saturated heterocycles. The van der Waals surface area contributed by atoms with Gasteiger partial charge in [0, 0.05) is 19.4 Å². The fourth-order valence-electron chi connectivity index (χ4n) is 5.14. The van der Waals surface area contributed by atoms with Gasteiger partial charge < -0.3 is 9.84 Å². The zero-order valence-corrected chi connectivity index (χ0v) is 13.7. The van der Waals surface area contributed by atoms with Crippen molar-refractivity contribution in [1.82, 2.24) is 5.32 Å². The van der Waals surface area contributed by atoms with E-state index in [0.717, 1.165) is 32.2 Å². The standard InChI is InChI=1S/C21H23NO2/c23-21-12-16-10-20(24-21,22-14-15-6-2-1-3-7-15)11-17(13-21)19-9-5-4-8-18(16)19/h1-9,16-17,22-23H,10-14H2. The summed E-state index contributed by atoms with van der Waals surface area (Å²) >= 11 is 0. The summed E-state index contributed by atoms with van der Waals surface area (Å²) in [5.74, 6) is -0.249. The van der Waals surface area contributed by atoms with Crippen molar-refractivity contribution in [2.45, 2.75) is 55.6 Å². The highest BCUT2D eigenvalue weighted by atomic mass is 16.7. The van der Waals surface area contributed by atoms with E-state index >= 15 is 0 Å². The minimum atomic E-state index is -0.992. The SMILES string of the molecule is OC12CC3CC(NCc4ccccc4)(CC(C1)c1ccccc13)O2. The van der Waals surface area contributed by atoms with E-state index in [0.29, 0.717) is 11.8 Å². The molecule has 0 amide bonds. The molecule has 4 aliphatic rings. The lowest BCUT2D eigenvalue weighted by Crippen LogP contribution is -2.61. The first-order valence-corrected chi connectivity index (χ1v) is 8.95. The number of aliphatic hydroxyl groups is 1. The third-order valence-corrected chi connectivity index (χ3v) is 6.00. The van der Waals surface area contributed by atoms with Gasteiger partial charge in [0.25, 0.3) is 0 Å². The van der Waals surface area contributed by atoms with Crippen molar-refractivity contribution >= 4 is 0 Å². The van der Waals surface area contributed by atoms with Gasteiger partial charge in [0.15, 0.2) is 5.79 Å². The van der Waals surface area contributed by atoms with E-state index in [1.54, 1.807) is 0 Å². The minimum Gasteiger partial charge on any atom is -0.365 e. The second-order valence-electron chi connectivity index (χ2n) is 7.72. The van der Waals surface area contributed by atoms with E-state index in [9.17, 15) is 5.11 Å². The van der Waals surface area contributed by atoms with E-state index < -0.39 is 11.5 Å². The topological polar surface area (TPSA) is 41.5 Å². The van der Waals surface area contributed by atoms with Gasteiger partial charge in [0.2, 0.25) is 0 Å². The van der Waals surface area contributed by atoms with Gasteiger partial charge in [-0.05, 0) is 41.4 Å². The maximum atomic E-state index is 11.1. The van der Waals surface area contributed by atoms with Crippen LogP contribution >= 0.6 is 0 Å². The molecular weight excluding hydrogens is 298 g/mol. The molecule has 24 heavy (non-hydrogen) atoms. The Morgan fingerprint density at radius 2 is 1.46 bits per heavy atom. The average Bonchev–Trinajstić information content (AvgIpc) is 2.73. The van der Waals surface area contributed by atoms with Gasteiger partial charge in [-0.1, -0.05) is 54.6 Å². The first-order valence-electron chi connectivity index (χ1n) is 8.95. The van der Waals surface area contributed by atoms with Crippen LogP contribution in [-0.4, -0.2) is 16.6 Å². The molecule has 0 spiro atoms. The van der Waals surface area contributed by atoms with E-state index in [1.165, 1.54) is 16.7 Å². The summed E-state index contributed by atoms with van der Waals surface area (Å²) in [7, 11) is 0. The lowest BCUT2D eigenvalue weighted by molar-refractivity contribution is -0.329. The summed E-state index contributed by atoms with van der Waals surface area (Å²) in [6.07, 6.45) is 3.32. The molecule has 6 rings (SSSR count). The second kappa shape index (κ2) is 5.16. The van der Waals surface area contributed by atoms with Gasteiger partial charge in [-0.15, -0.1) is 0 Å². The van der Waals surface area contributed by atoms with Crippen molar-refractivity contribution < 1.29 is 9.84 Å². The Morgan fingerprint density at radius 3 is 2.08 bits per heavy atom. The fraction of sp³-hybridized carbons (Fsp3) is 0.429. The summed E-state index contributed by atoms with van der Waals surface area (Å²) in [4.78, 5) is 0. The van der Waals surface area contributed by atoms with Crippen molar-refractivity contribution in [2.24, 2.45) is 0 Å². The highest BCUT2D eigenvalue weighted by molar-refractivity contribution is 5.38. The van der Waals surface area contributed by atoms with E-state index in [-0.39, 0.29) is 0 Å². The molecule has 2 aromatic rings. The molecule has 0 aromatic heterocycles. The lowest BCUT2D eigenvalue weighted by atomic mass is 9.77. The maximum Gasteiger partial charge on any atom is 0.168 e. The monoisotopic (exact) mass is 321 g/mol. The van der Waals surface area contributed by atoms with Gasteiger partial charge >= 0.3 is 0 Å². The largest absolute Gasteiger partial charge is 0.365 e. The molecule has 2 unspecified atom stereocenters. The highest BCUT2D eigenvalue weighted by Crippen LogP contribution is 2.57. The Kier molecular flexibility index (Phi) is 3.15. The molecule has 0 saturated carbocycles. The summed E-state index contributed by atoms with van der Waals surface area (Å²) in [6, 6.07) is 19.2. The molecule has 4 bridgehead atoms. The van der Waals surface area contributed by atoms with Crippen LogP contribution in [-0.2, 0) is 11.3 Å².